The van der Waals surface area contributed by atoms with Crippen molar-refractivity contribution in [3.8, 4) is 0 Å². The lowest BCUT2D eigenvalue weighted by Gasteiger charge is -2.04. The number of thiophene rings is 1. The van der Waals surface area contributed by atoms with Gasteiger partial charge in [0.05, 0.1) is 0 Å². The number of nitrogens with one attached hydrogen (secondary N) is 2. The van der Waals surface area contributed by atoms with Crippen LogP contribution in [-0.4, -0.2) is 15.0 Å². The van der Waals surface area contributed by atoms with Crippen molar-refractivity contribution in [2.75, 3.05) is 6.54 Å². The fourth-order valence-electron chi connectivity index (χ4n) is 0.854. The molecule has 0 aliphatic rings. The van der Waals surface area contributed by atoms with Gasteiger partial charge in [-0.15, -0.1) is 11.3 Å². The van der Waals surface area contributed by atoms with Crippen LogP contribution in [0.3, 0.4) is 0 Å². The molecule has 1 rings (SSSR count). The Bertz CT molecular complexity index is 388. The molecule has 0 unspecified atom stereocenters. The van der Waals surface area contributed by atoms with E-state index in [1.807, 2.05) is 11.4 Å². The van der Waals surface area contributed by atoms with E-state index < -0.39 is 10.2 Å². The van der Waals surface area contributed by atoms with Gasteiger partial charge < -0.3 is 0 Å². The molecular weight excluding hydrogens is 288 g/mol. The predicted molar refractivity (Wildman–Crippen MR) is 61.5 cm³/mol. The third-order valence-electron chi connectivity index (χ3n) is 1.39. The summed E-state index contributed by atoms with van der Waals surface area (Å²) in [5.41, 5.74) is 0. The highest BCUT2D eigenvalue weighted by Gasteiger charge is 2.07. The second kappa shape index (κ2) is 5.22. The van der Waals surface area contributed by atoms with E-state index in [0.717, 1.165) is 9.35 Å². The zero-order valence-electron chi connectivity index (χ0n) is 7.58. The predicted octanol–water partition coefficient (Wildman–Crippen LogP) is 1.45. The number of hydrogen-bond donors (Lipinski definition) is 2. The summed E-state index contributed by atoms with van der Waals surface area (Å²) in [6.07, 6.45) is 0. The van der Waals surface area contributed by atoms with Crippen molar-refractivity contribution in [3.05, 3.63) is 20.8 Å². The average molecular weight is 299 g/mol. The highest BCUT2D eigenvalue weighted by Crippen LogP contribution is 2.19. The molecule has 4 nitrogen and oxygen atoms in total. The van der Waals surface area contributed by atoms with Crippen molar-refractivity contribution >= 4 is 37.5 Å². The zero-order chi connectivity index (χ0) is 10.6. The van der Waals surface area contributed by atoms with Crippen LogP contribution in [0, 0.1) is 0 Å². The van der Waals surface area contributed by atoms with E-state index in [1.54, 1.807) is 6.92 Å². The molecule has 1 heterocycles. The highest BCUT2D eigenvalue weighted by atomic mass is 79.9. The molecule has 2 N–H and O–H groups in total. The van der Waals surface area contributed by atoms with Gasteiger partial charge in [0.25, 0.3) is 10.2 Å². The molecule has 0 aliphatic carbocycles. The zero-order valence-corrected chi connectivity index (χ0v) is 10.8. The van der Waals surface area contributed by atoms with Crippen LogP contribution in [0.25, 0.3) is 0 Å². The molecule has 0 fully saturated rings. The van der Waals surface area contributed by atoms with E-state index in [1.165, 1.54) is 11.3 Å². The van der Waals surface area contributed by atoms with E-state index in [9.17, 15) is 8.42 Å². The number of rotatable bonds is 5. The largest absolute Gasteiger partial charge is 0.277 e. The first-order chi connectivity index (χ1) is 6.53. The van der Waals surface area contributed by atoms with Crippen LogP contribution in [0.1, 0.15) is 11.8 Å². The maximum atomic E-state index is 11.2. The summed E-state index contributed by atoms with van der Waals surface area (Å²) in [5.74, 6) is 0. The molecule has 14 heavy (non-hydrogen) atoms. The molecule has 0 aliphatic heterocycles. The quantitative estimate of drug-likeness (QED) is 0.864. The van der Waals surface area contributed by atoms with Gasteiger partial charge in [-0.25, -0.2) is 4.72 Å². The monoisotopic (exact) mass is 298 g/mol. The fraction of sp³-hybridized carbons (Fsp3) is 0.429. The van der Waals surface area contributed by atoms with Gasteiger partial charge >= 0.3 is 0 Å². The summed E-state index contributed by atoms with van der Waals surface area (Å²) in [7, 11) is -3.33. The van der Waals surface area contributed by atoms with Gasteiger partial charge in [0.1, 0.15) is 0 Å². The van der Waals surface area contributed by atoms with Gasteiger partial charge in [-0.3, -0.25) is 0 Å². The van der Waals surface area contributed by atoms with Gasteiger partial charge in [-0.2, -0.15) is 13.1 Å². The minimum absolute atomic E-state index is 0.325. The molecule has 80 valence electrons. The van der Waals surface area contributed by atoms with Crippen LogP contribution < -0.4 is 9.44 Å². The smallest absolute Gasteiger partial charge is 0.203 e. The standard InChI is InChI=1S/C7H11BrN2O2S2/c1-2-9-14(11,12)10-4-7-3-6(8)5-13-7/h3,5,9-10H,2,4H2,1H3. The Balaban J connectivity index is 2.48. The average Bonchev–Trinajstić information content (AvgIpc) is 2.48. The van der Waals surface area contributed by atoms with Crippen molar-refractivity contribution in [2.24, 2.45) is 0 Å². The Hall–Kier alpha value is 0.0500. The Morgan fingerprint density at radius 1 is 1.50 bits per heavy atom. The van der Waals surface area contributed by atoms with Crippen LogP contribution in [0.2, 0.25) is 0 Å². The molecule has 0 bridgehead atoms. The van der Waals surface area contributed by atoms with Gasteiger partial charge in [-0.05, 0) is 22.0 Å². The lowest BCUT2D eigenvalue weighted by molar-refractivity contribution is 0.569. The van der Waals surface area contributed by atoms with Crippen molar-refractivity contribution in [1.29, 1.82) is 0 Å². The van der Waals surface area contributed by atoms with Gasteiger partial charge in [-0.1, -0.05) is 6.92 Å². The summed E-state index contributed by atoms with van der Waals surface area (Å²) in [4.78, 5) is 0.971. The van der Waals surface area contributed by atoms with Crippen molar-refractivity contribution in [1.82, 2.24) is 9.44 Å². The van der Waals surface area contributed by atoms with Crippen LogP contribution in [0.15, 0.2) is 15.9 Å². The van der Waals surface area contributed by atoms with E-state index in [4.69, 9.17) is 0 Å². The highest BCUT2D eigenvalue weighted by molar-refractivity contribution is 9.10. The molecule has 0 amide bonds. The summed E-state index contributed by atoms with van der Waals surface area (Å²) in [6, 6.07) is 1.89. The molecule has 1 aromatic rings. The van der Waals surface area contributed by atoms with E-state index in [-0.39, 0.29) is 0 Å². The topological polar surface area (TPSA) is 58.2 Å². The normalized spacial score (nSPS) is 11.9. The molecular formula is C7H11BrN2O2S2. The van der Waals surface area contributed by atoms with E-state index in [2.05, 4.69) is 25.4 Å². The molecule has 1 aromatic heterocycles. The maximum Gasteiger partial charge on any atom is 0.277 e. The molecule has 7 heteroatoms. The molecule has 0 atom stereocenters. The minimum Gasteiger partial charge on any atom is -0.203 e. The lowest BCUT2D eigenvalue weighted by Crippen LogP contribution is -2.35. The Morgan fingerprint density at radius 3 is 2.71 bits per heavy atom. The van der Waals surface area contributed by atoms with Crippen molar-refractivity contribution < 1.29 is 8.42 Å². The first kappa shape index (κ1) is 12.1. The number of halogens is 1. The SMILES string of the molecule is CCNS(=O)(=O)NCc1cc(Br)cs1. The number of hydrogen-bond acceptors (Lipinski definition) is 3. The molecule has 0 saturated carbocycles. The lowest BCUT2D eigenvalue weighted by atomic mass is 10.5. The maximum absolute atomic E-state index is 11.2. The summed E-state index contributed by atoms with van der Waals surface area (Å²) >= 11 is 4.81. The summed E-state index contributed by atoms with van der Waals surface area (Å²) in [5, 5.41) is 1.91. The van der Waals surface area contributed by atoms with Gasteiger partial charge in [0, 0.05) is 27.8 Å². The first-order valence-electron chi connectivity index (χ1n) is 4.00. The Kier molecular flexibility index (Phi) is 4.52. The Labute approximate surface area is 96.0 Å². The van der Waals surface area contributed by atoms with Gasteiger partial charge in [0.15, 0.2) is 0 Å². The molecule has 0 aromatic carbocycles. The third-order valence-corrected chi connectivity index (χ3v) is 4.28. The summed E-state index contributed by atoms with van der Waals surface area (Å²) < 4.78 is 28.1. The van der Waals surface area contributed by atoms with E-state index >= 15 is 0 Å². The first-order valence-corrected chi connectivity index (χ1v) is 7.16. The van der Waals surface area contributed by atoms with Crippen LogP contribution >= 0.6 is 27.3 Å². The molecule has 0 saturated heterocycles. The second-order valence-electron chi connectivity index (χ2n) is 2.55. The van der Waals surface area contributed by atoms with Crippen molar-refractivity contribution in [2.45, 2.75) is 13.5 Å². The second-order valence-corrected chi connectivity index (χ2v) is 6.05. The Morgan fingerprint density at radius 2 is 2.21 bits per heavy atom. The summed E-state index contributed by atoms with van der Waals surface area (Å²) in [6.45, 7) is 2.45. The minimum atomic E-state index is -3.33. The fourth-order valence-corrected chi connectivity index (χ4v) is 3.16. The third kappa shape index (κ3) is 4.05. The van der Waals surface area contributed by atoms with Crippen LogP contribution in [-0.2, 0) is 16.8 Å². The molecule has 0 radical (unpaired) electrons. The van der Waals surface area contributed by atoms with Crippen molar-refractivity contribution in [3.63, 3.8) is 0 Å². The van der Waals surface area contributed by atoms with Crippen LogP contribution in [0.4, 0.5) is 0 Å². The molecule has 0 spiro atoms. The van der Waals surface area contributed by atoms with E-state index in [0.29, 0.717) is 13.1 Å². The van der Waals surface area contributed by atoms with Crippen LogP contribution in [0.5, 0.6) is 0 Å². The van der Waals surface area contributed by atoms with Gasteiger partial charge in [0.2, 0.25) is 0 Å².